The van der Waals surface area contributed by atoms with Crippen LogP contribution in [0.5, 0.6) is 5.75 Å². The highest BCUT2D eigenvalue weighted by molar-refractivity contribution is 6.31. The van der Waals surface area contributed by atoms with Gasteiger partial charge in [0.25, 0.3) is 0 Å². The molecule has 0 saturated heterocycles. The average Bonchev–Trinajstić information content (AvgIpc) is 2.49. The molecule has 0 aromatic heterocycles. The molecule has 0 aliphatic rings. The van der Waals surface area contributed by atoms with Crippen molar-refractivity contribution in [3.05, 3.63) is 52.5 Å². The maximum absolute atomic E-state index is 12.1. The summed E-state index contributed by atoms with van der Waals surface area (Å²) in [5.74, 6) is 0.487. The van der Waals surface area contributed by atoms with Crippen LogP contribution in [-0.2, 0) is 4.79 Å². The zero-order chi connectivity index (χ0) is 16.1. The predicted molar refractivity (Wildman–Crippen MR) is 91.0 cm³/mol. The Morgan fingerprint density at radius 3 is 2.68 bits per heavy atom. The van der Waals surface area contributed by atoms with Gasteiger partial charge in [-0.15, -0.1) is 0 Å². The Labute approximate surface area is 135 Å². The molecule has 5 heteroatoms. The molecule has 0 saturated carbocycles. The number of aryl methyl sites for hydroxylation is 1. The first-order valence-corrected chi connectivity index (χ1v) is 7.32. The second kappa shape index (κ2) is 7.18. The van der Waals surface area contributed by atoms with Gasteiger partial charge < -0.3 is 15.4 Å². The van der Waals surface area contributed by atoms with Crippen LogP contribution in [0, 0.1) is 13.8 Å². The number of carbonyl (C=O) groups is 1. The lowest BCUT2D eigenvalue weighted by molar-refractivity contribution is -0.114. The van der Waals surface area contributed by atoms with Gasteiger partial charge in [0.1, 0.15) is 5.75 Å². The Morgan fingerprint density at radius 2 is 1.95 bits per heavy atom. The molecule has 2 rings (SSSR count). The van der Waals surface area contributed by atoms with Crippen LogP contribution >= 0.6 is 11.6 Å². The summed E-state index contributed by atoms with van der Waals surface area (Å²) in [7, 11) is 1.58. The van der Waals surface area contributed by atoms with Gasteiger partial charge in [-0.25, -0.2) is 0 Å². The second-order valence-corrected chi connectivity index (χ2v) is 5.43. The van der Waals surface area contributed by atoms with Gasteiger partial charge in [-0.05, 0) is 49.2 Å². The van der Waals surface area contributed by atoms with Crippen LogP contribution in [0.25, 0.3) is 0 Å². The zero-order valence-corrected chi connectivity index (χ0v) is 13.6. The third-order valence-electron chi connectivity index (χ3n) is 3.34. The van der Waals surface area contributed by atoms with Gasteiger partial charge in [0.2, 0.25) is 5.91 Å². The Kier molecular flexibility index (Phi) is 5.28. The van der Waals surface area contributed by atoms with Gasteiger partial charge in [0.15, 0.2) is 0 Å². The molecule has 0 unspecified atom stereocenters. The van der Waals surface area contributed by atoms with E-state index in [0.717, 1.165) is 16.8 Å². The fourth-order valence-corrected chi connectivity index (χ4v) is 2.26. The normalized spacial score (nSPS) is 10.2. The number of rotatable bonds is 5. The Bertz CT molecular complexity index is 686. The lowest BCUT2D eigenvalue weighted by Gasteiger charge is -2.13. The maximum atomic E-state index is 12.1. The molecule has 2 aromatic rings. The molecule has 2 aromatic carbocycles. The standard InChI is InChI=1S/C17H19ClN2O2/c1-11-7-8-16(22-3)15(9-11)20-17(21)10-19-14-6-4-5-13(18)12(14)2/h4-9,19H,10H2,1-3H3,(H,20,21). The third-order valence-corrected chi connectivity index (χ3v) is 3.75. The molecule has 0 spiro atoms. The fraction of sp³-hybridized carbons (Fsp3) is 0.235. The van der Waals surface area contributed by atoms with E-state index in [4.69, 9.17) is 16.3 Å². The van der Waals surface area contributed by atoms with E-state index in [1.807, 2.05) is 50.2 Å². The number of ether oxygens (including phenoxy) is 1. The predicted octanol–water partition coefficient (Wildman–Crippen LogP) is 4.02. The number of methoxy groups -OCH3 is 1. The van der Waals surface area contributed by atoms with E-state index in [1.54, 1.807) is 7.11 Å². The van der Waals surface area contributed by atoms with E-state index in [1.165, 1.54) is 0 Å². The summed E-state index contributed by atoms with van der Waals surface area (Å²) in [4.78, 5) is 12.1. The largest absolute Gasteiger partial charge is 0.495 e. The lowest BCUT2D eigenvalue weighted by Crippen LogP contribution is -2.22. The van der Waals surface area contributed by atoms with Crippen molar-refractivity contribution in [2.45, 2.75) is 13.8 Å². The minimum atomic E-state index is -0.150. The van der Waals surface area contributed by atoms with Gasteiger partial charge in [0.05, 0.1) is 19.3 Å². The number of carbonyl (C=O) groups excluding carboxylic acids is 1. The summed E-state index contributed by atoms with van der Waals surface area (Å²) < 4.78 is 5.25. The van der Waals surface area contributed by atoms with Crippen LogP contribution in [-0.4, -0.2) is 19.6 Å². The first-order chi connectivity index (χ1) is 10.5. The van der Waals surface area contributed by atoms with Crippen molar-refractivity contribution in [3.8, 4) is 5.75 Å². The van der Waals surface area contributed by atoms with E-state index in [2.05, 4.69) is 10.6 Å². The molecule has 0 aliphatic heterocycles. The molecule has 0 aliphatic carbocycles. The Balaban J connectivity index is 2.02. The lowest BCUT2D eigenvalue weighted by atomic mass is 10.2. The topological polar surface area (TPSA) is 50.4 Å². The van der Waals surface area contributed by atoms with E-state index in [9.17, 15) is 4.79 Å². The molecule has 4 nitrogen and oxygen atoms in total. The SMILES string of the molecule is COc1ccc(C)cc1NC(=O)CNc1cccc(Cl)c1C. The molecule has 0 heterocycles. The number of amides is 1. The molecular weight excluding hydrogens is 300 g/mol. The van der Waals surface area contributed by atoms with E-state index in [0.29, 0.717) is 16.5 Å². The highest BCUT2D eigenvalue weighted by Crippen LogP contribution is 2.25. The number of hydrogen-bond donors (Lipinski definition) is 2. The minimum Gasteiger partial charge on any atom is -0.495 e. The van der Waals surface area contributed by atoms with E-state index >= 15 is 0 Å². The molecule has 0 bridgehead atoms. The number of benzene rings is 2. The highest BCUT2D eigenvalue weighted by atomic mass is 35.5. The maximum Gasteiger partial charge on any atom is 0.243 e. The molecule has 116 valence electrons. The van der Waals surface area contributed by atoms with Crippen molar-refractivity contribution in [2.75, 3.05) is 24.3 Å². The zero-order valence-electron chi connectivity index (χ0n) is 12.9. The van der Waals surface area contributed by atoms with Crippen molar-refractivity contribution in [2.24, 2.45) is 0 Å². The van der Waals surface area contributed by atoms with Crippen LogP contribution in [0.2, 0.25) is 5.02 Å². The summed E-state index contributed by atoms with van der Waals surface area (Å²) in [5.41, 5.74) is 3.48. The molecule has 0 radical (unpaired) electrons. The van der Waals surface area contributed by atoms with Gasteiger partial charge in [-0.3, -0.25) is 4.79 Å². The molecule has 1 amide bonds. The summed E-state index contributed by atoms with van der Waals surface area (Å²) in [6.07, 6.45) is 0. The van der Waals surface area contributed by atoms with Crippen molar-refractivity contribution in [1.82, 2.24) is 0 Å². The summed E-state index contributed by atoms with van der Waals surface area (Å²) >= 11 is 6.06. The van der Waals surface area contributed by atoms with Crippen molar-refractivity contribution in [1.29, 1.82) is 0 Å². The van der Waals surface area contributed by atoms with Crippen LogP contribution in [0.1, 0.15) is 11.1 Å². The first kappa shape index (κ1) is 16.2. The fourth-order valence-electron chi connectivity index (χ4n) is 2.09. The molecule has 22 heavy (non-hydrogen) atoms. The van der Waals surface area contributed by atoms with Crippen LogP contribution in [0.15, 0.2) is 36.4 Å². The minimum absolute atomic E-state index is 0.150. The second-order valence-electron chi connectivity index (χ2n) is 5.02. The molecule has 2 N–H and O–H groups in total. The van der Waals surface area contributed by atoms with Crippen molar-refractivity contribution >= 4 is 28.9 Å². The van der Waals surface area contributed by atoms with Gasteiger partial charge in [-0.1, -0.05) is 23.7 Å². The van der Waals surface area contributed by atoms with Crippen LogP contribution < -0.4 is 15.4 Å². The monoisotopic (exact) mass is 318 g/mol. The first-order valence-electron chi connectivity index (χ1n) is 6.94. The van der Waals surface area contributed by atoms with Crippen LogP contribution in [0.3, 0.4) is 0 Å². The summed E-state index contributed by atoms with van der Waals surface area (Å²) in [5, 5.41) is 6.61. The van der Waals surface area contributed by atoms with Gasteiger partial charge >= 0.3 is 0 Å². The van der Waals surface area contributed by atoms with Crippen LogP contribution in [0.4, 0.5) is 11.4 Å². The number of nitrogens with one attached hydrogen (secondary N) is 2. The summed E-state index contributed by atoms with van der Waals surface area (Å²) in [6.45, 7) is 4.02. The number of anilines is 2. The highest BCUT2D eigenvalue weighted by Gasteiger charge is 2.09. The molecular formula is C17H19ClN2O2. The van der Waals surface area contributed by atoms with Gasteiger partial charge in [-0.2, -0.15) is 0 Å². The number of halogens is 1. The molecule has 0 atom stereocenters. The smallest absolute Gasteiger partial charge is 0.243 e. The van der Waals surface area contributed by atoms with Crippen molar-refractivity contribution in [3.63, 3.8) is 0 Å². The average molecular weight is 319 g/mol. The summed E-state index contributed by atoms with van der Waals surface area (Å²) in [6, 6.07) is 11.2. The van der Waals surface area contributed by atoms with Crippen molar-refractivity contribution < 1.29 is 9.53 Å². The third kappa shape index (κ3) is 3.92. The Morgan fingerprint density at radius 1 is 1.18 bits per heavy atom. The van der Waals surface area contributed by atoms with Gasteiger partial charge in [0, 0.05) is 10.7 Å². The van der Waals surface area contributed by atoms with E-state index < -0.39 is 0 Å². The molecule has 0 fully saturated rings. The van der Waals surface area contributed by atoms with E-state index in [-0.39, 0.29) is 12.5 Å². The quantitative estimate of drug-likeness (QED) is 0.875. The Hall–Kier alpha value is -2.20. The number of hydrogen-bond acceptors (Lipinski definition) is 3.